The van der Waals surface area contributed by atoms with Crippen molar-refractivity contribution in [2.24, 2.45) is 0 Å². The Hall–Kier alpha value is -4.13. The molecule has 0 spiro atoms. The molecular weight excluding hydrogens is 400 g/mol. The van der Waals surface area contributed by atoms with E-state index in [9.17, 15) is 15.0 Å². The van der Waals surface area contributed by atoms with E-state index in [-0.39, 0.29) is 36.2 Å². The van der Waals surface area contributed by atoms with Gasteiger partial charge in [0.2, 0.25) is 6.79 Å². The lowest BCUT2D eigenvalue weighted by molar-refractivity contribution is 0.104. The highest BCUT2D eigenvalue weighted by Crippen LogP contribution is 2.35. The number of hydrogen-bond acceptors (Lipinski definition) is 7. The molecule has 158 valence electrons. The number of allylic oxidation sites excluding steroid dienone is 1. The Bertz CT molecular complexity index is 1150. The lowest BCUT2D eigenvalue weighted by Gasteiger charge is -2.11. The van der Waals surface area contributed by atoms with Crippen molar-refractivity contribution >= 4 is 11.9 Å². The van der Waals surface area contributed by atoms with Crippen molar-refractivity contribution in [2.75, 3.05) is 13.9 Å². The number of carbonyl (C=O) groups excluding carboxylic acids is 1. The first-order valence-electron chi connectivity index (χ1n) is 9.47. The molecule has 0 aromatic heterocycles. The average molecular weight is 420 g/mol. The molecule has 0 saturated carbocycles. The Morgan fingerprint density at radius 1 is 1.03 bits per heavy atom. The van der Waals surface area contributed by atoms with Crippen LogP contribution in [0, 0.1) is 0 Å². The summed E-state index contributed by atoms with van der Waals surface area (Å²) in [5.74, 6) is 1.83. The Morgan fingerprint density at radius 3 is 2.68 bits per heavy atom. The molecule has 7 nitrogen and oxygen atoms in total. The molecule has 3 aromatic rings. The summed E-state index contributed by atoms with van der Waals surface area (Å²) in [6.45, 7) is 0.443. The van der Waals surface area contributed by atoms with Gasteiger partial charge in [0.1, 0.15) is 29.6 Å². The first-order valence-corrected chi connectivity index (χ1v) is 9.47. The zero-order valence-corrected chi connectivity index (χ0v) is 16.7. The van der Waals surface area contributed by atoms with Crippen LogP contribution in [0.1, 0.15) is 21.5 Å². The Morgan fingerprint density at radius 2 is 1.87 bits per heavy atom. The molecule has 7 heteroatoms. The van der Waals surface area contributed by atoms with Crippen molar-refractivity contribution in [3.8, 4) is 34.5 Å². The maximum atomic E-state index is 12.4. The molecule has 1 heterocycles. The van der Waals surface area contributed by atoms with Crippen LogP contribution in [0.5, 0.6) is 34.5 Å². The van der Waals surface area contributed by atoms with E-state index >= 15 is 0 Å². The molecule has 0 radical (unpaired) electrons. The van der Waals surface area contributed by atoms with Gasteiger partial charge in [0, 0.05) is 17.7 Å². The summed E-state index contributed by atoms with van der Waals surface area (Å²) in [6.07, 6.45) is 2.99. The van der Waals surface area contributed by atoms with E-state index in [1.807, 2.05) is 12.1 Å². The van der Waals surface area contributed by atoms with Crippen LogP contribution in [0.3, 0.4) is 0 Å². The average Bonchev–Trinajstić information content (AvgIpc) is 3.24. The minimum absolute atomic E-state index is 0.105. The van der Waals surface area contributed by atoms with Gasteiger partial charge in [-0.15, -0.1) is 0 Å². The van der Waals surface area contributed by atoms with E-state index in [0.29, 0.717) is 23.0 Å². The van der Waals surface area contributed by atoms with Crippen LogP contribution < -0.4 is 18.9 Å². The molecule has 0 atom stereocenters. The lowest BCUT2D eigenvalue weighted by Crippen LogP contribution is -1.99. The van der Waals surface area contributed by atoms with Crippen LogP contribution in [0.4, 0.5) is 0 Å². The van der Waals surface area contributed by atoms with Crippen molar-refractivity contribution in [3.63, 3.8) is 0 Å². The topological polar surface area (TPSA) is 94.5 Å². The molecule has 1 aliphatic rings. The third-order valence-corrected chi connectivity index (χ3v) is 4.72. The van der Waals surface area contributed by atoms with E-state index in [1.54, 1.807) is 37.5 Å². The highest BCUT2D eigenvalue weighted by Gasteiger charge is 2.14. The van der Waals surface area contributed by atoms with Gasteiger partial charge in [-0.1, -0.05) is 12.1 Å². The second kappa shape index (κ2) is 8.71. The van der Waals surface area contributed by atoms with Crippen molar-refractivity contribution in [1.82, 2.24) is 0 Å². The molecule has 0 fully saturated rings. The summed E-state index contributed by atoms with van der Waals surface area (Å²) in [5, 5.41) is 19.2. The Balaban J connectivity index is 1.49. The fourth-order valence-electron chi connectivity index (χ4n) is 3.13. The summed E-state index contributed by atoms with van der Waals surface area (Å²) in [6, 6.07) is 14.7. The molecule has 1 aliphatic heterocycles. The molecular formula is C24H20O7. The van der Waals surface area contributed by atoms with Crippen LogP contribution in [0.15, 0.2) is 60.7 Å². The minimum atomic E-state index is -0.383. The van der Waals surface area contributed by atoms with Gasteiger partial charge >= 0.3 is 0 Å². The fourth-order valence-corrected chi connectivity index (χ4v) is 3.13. The predicted molar refractivity (Wildman–Crippen MR) is 113 cm³/mol. The number of hydrogen-bond donors (Lipinski definition) is 2. The van der Waals surface area contributed by atoms with E-state index in [2.05, 4.69) is 0 Å². The standard InChI is InChI=1S/C24H20O7/c1-28-22-8-3-15(2-7-20(26)19-6-4-17(25)11-21(19)27)10-16(22)13-29-18-5-9-23-24(12-18)31-14-30-23/h2-12,25,27H,13-14H2,1H3/b7-2+. The predicted octanol–water partition coefficient (Wildman–Crippen LogP) is 4.31. The van der Waals surface area contributed by atoms with Crippen molar-refractivity contribution in [1.29, 1.82) is 0 Å². The number of phenols is 2. The number of fused-ring (bicyclic) bond motifs is 1. The number of ether oxygens (including phenoxy) is 4. The fraction of sp³-hybridized carbons (Fsp3) is 0.125. The van der Waals surface area contributed by atoms with Crippen LogP contribution >= 0.6 is 0 Å². The molecule has 2 N–H and O–H groups in total. The second-order valence-electron chi connectivity index (χ2n) is 6.77. The number of rotatable bonds is 7. The Labute approximate surface area is 178 Å². The van der Waals surface area contributed by atoms with Gasteiger partial charge in [-0.25, -0.2) is 0 Å². The minimum Gasteiger partial charge on any atom is -0.508 e. The van der Waals surface area contributed by atoms with Gasteiger partial charge < -0.3 is 29.2 Å². The van der Waals surface area contributed by atoms with Crippen LogP contribution in [-0.4, -0.2) is 29.9 Å². The zero-order chi connectivity index (χ0) is 21.8. The highest BCUT2D eigenvalue weighted by molar-refractivity contribution is 6.08. The van der Waals surface area contributed by atoms with Crippen LogP contribution in [0.2, 0.25) is 0 Å². The zero-order valence-electron chi connectivity index (χ0n) is 16.7. The van der Waals surface area contributed by atoms with Gasteiger partial charge in [-0.2, -0.15) is 0 Å². The van der Waals surface area contributed by atoms with Crippen LogP contribution in [0.25, 0.3) is 6.08 Å². The lowest BCUT2D eigenvalue weighted by atomic mass is 10.1. The maximum Gasteiger partial charge on any atom is 0.231 e. The van der Waals surface area contributed by atoms with E-state index in [4.69, 9.17) is 18.9 Å². The first-order chi connectivity index (χ1) is 15.0. The van der Waals surface area contributed by atoms with Crippen molar-refractivity contribution in [2.45, 2.75) is 6.61 Å². The normalized spacial score (nSPS) is 12.2. The van der Waals surface area contributed by atoms with Crippen molar-refractivity contribution < 1.29 is 34.0 Å². The summed E-state index contributed by atoms with van der Waals surface area (Å²) < 4.78 is 21.9. The largest absolute Gasteiger partial charge is 0.508 e. The Kier molecular flexibility index (Phi) is 5.66. The monoisotopic (exact) mass is 420 g/mol. The number of ketones is 1. The molecule has 31 heavy (non-hydrogen) atoms. The summed E-state index contributed by atoms with van der Waals surface area (Å²) >= 11 is 0. The molecule has 0 amide bonds. The number of phenolic OH excluding ortho intramolecular Hbond substituents is 2. The van der Waals surface area contributed by atoms with E-state index < -0.39 is 0 Å². The molecule has 4 rings (SSSR count). The maximum absolute atomic E-state index is 12.4. The molecule has 0 unspecified atom stereocenters. The first kappa shape index (κ1) is 20.2. The van der Waals surface area contributed by atoms with Gasteiger partial charge in [0.05, 0.1) is 12.7 Å². The number of benzene rings is 3. The second-order valence-corrected chi connectivity index (χ2v) is 6.77. The smallest absolute Gasteiger partial charge is 0.231 e. The molecule has 0 saturated heterocycles. The van der Waals surface area contributed by atoms with Gasteiger partial charge in [-0.05, 0) is 48.0 Å². The van der Waals surface area contributed by atoms with Crippen LogP contribution in [-0.2, 0) is 6.61 Å². The number of carbonyl (C=O) groups is 1. The number of methoxy groups -OCH3 is 1. The summed E-state index contributed by atoms with van der Waals surface area (Å²) in [5.41, 5.74) is 1.66. The van der Waals surface area contributed by atoms with E-state index in [1.165, 1.54) is 18.2 Å². The van der Waals surface area contributed by atoms with Gasteiger partial charge in [0.15, 0.2) is 17.3 Å². The summed E-state index contributed by atoms with van der Waals surface area (Å²) in [4.78, 5) is 12.4. The third-order valence-electron chi connectivity index (χ3n) is 4.72. The quantitative estimate of drug-likeness (QED) is 0.434. The molecule has 3 aromatic carbocycles. The van der Waals surface area contributed by atoms with Gasteiger partial charge in [-0.3, -0.25) is 4.79 Å². The highest BCUT2D eigenvalue weighted by atomic mass is 16.7. The molecule has 0 bridgehead atoms. The molecule has 0 aliphatic carbocycles. The van der Waals surface area contributed by atoms with E-state index in [0.717, 1.165) is 17.2 Å². The SMILES string of the molecule is COc1ccc(/C=C/C(=O)c2ccc(O)cc2O)cc1COc1ccc2c(c1)OCO2. The third kappa shape index (κ3) is 4.56. The van der Waals surface area contributed by atoms with Crippen molar-refractivity contribution in [3.05, 3.63) is 77.4 Å². The summed E-state index contributed by atoms with van der Waals surface area (Å²) in [7, 11) is 1.58. The number of aromatic hydroxyl groups is 2. The van der Waals surface area contributed by atoms with Gasteiger partial charge in [0.25, 0.3) is 0 Å².